The molecular weight excluding hydrogens is 300 g/mol. The van der Waals surface area contributed by atoms with Crippen LogP contribution in [0.3, 0.4) is 0 Å². The summed E-state index contributed by atoms with van der Waals surface area (Å²) in [5.41, 5.74) is 0.611. The van der Waals surface area contributed by atoms with Crippen molar-refractivity contribution in [3.05, 3.63) is 0 Å². The van der Waals surface area contributed by atoms with Crippen LogP contribution in [0, 0.1) is 17.3 Å². The number of quaternary nitrogens is 2. The molecule has 0 radical (unpaired) electrons. The van der Waals surface area contributed by atoms with E-state index < -0.39 is 0 Å². The van der Waals surface area contributed by atoms with Crippen molar-refractivity contribution in [1.82, 2.24) is 0 Å². The van der Waals surface area contributed by atoms with Crippen LogP contribution in [0.15, 0.2) is 0 Å². The molecule has 136 valence electrons. The number of rotatable bonds is 3. The van der Waals surface area contributed by atoms with Crippen LogP contribution < -0.4 is 9.80 Å². The zero-order chi connectivity index (χ0) is 16.9. The molecule has 3 aliphatic rings. The molecular formula is C20H36N2O2+2. The first-order valence-electron chi connectivity index (χ1n) is 9.98. The topological polar surface area (TPSA) is 27.3 Å². The first-order valence-corrected chi connectivity index (χ1v) is 9.98. The molecule has 3 fully saturated rings. The molecule has 0 saturated carbocycles. The van der Waals surface area contributed by atoms with Crippen molar-refractivity contribution in [3.63, 3.8) is 0 Å². The molecule has 3 rings (SSSR count). The van der Waals surface area contributed by atoms with Gasteiger partial charge in [-0.15, -0.1) is 0 Å². The number of nitrogens with one attached hydrogen (secondary N) is 2. The van der Waals surface area contributed by atoms with Crippen molar-refractivity contribution in [2.24, 2.45) is 5.41 Å². The van der Waals surface area contributed by atoms with Gasteiger partial charge in [-0.1, -0.05) is 6.92 Å². The summed E-state index contributed by atoms with van der Waals surface area (Å²) < 4.78 is 11.5. The van der Waals surface area contributed by atoms with Crippen LogP contribution in [0.4, 0.5) is 0 Å². The number of likely N-dealkylation sites (tertiary alicyclic amines) is 1. The van der Waals surface area contributed by atoms with Crippen LogP contribution in [0.1, 0.15) is 46.0 Å². The van der Waals surface area contributed by atoms with Crippen molar-refractivity contribution in [2.45, 2.75) is 51.6 Å². The minimum atomic E-state index is 0.103. The Labute approximate surface area is 147 Å². The van der Waals surface area contributed by atoms with Crippen molar-refractivity contribution in [2.75, 3.05) is 59.1 Å². The van der Waals surface area contributed by atoms with E-state index in [2.05, 4.69) is 25.7 Å². The minimum Gasteiger partial charge on any atom is -0.375 e. The Kier molecular flexibility index (Phi) is 6.21. The summed E-state index contributed by atoms with van der Waals surface area (Å²) in [6.07, 6.45) is 6.36. The number of hydrogen-bond acceptors (Lipinski definition) is 2. The van der Waals surface area contributed by atoms with Gasteiger partial charge in [0, 0.05) is 12.0 Å². The lowest BCUT2D eigenvalue weighted by Crippen LogP contribution is -3.14. The minimum absolute atomic E-state index is 0.103. The Morgan fingerprint density at radius 1 is 0.958 bits per heavy atom. The van der Waals surface area contributed by atoms with E-state index in [4.69, 9.17) is 9.47 Å². The lowest BCUT2D eigenvalue weighted by atomic mass is 9.68. The molecule has 0 aromatic heterocycles. The maximum absolute atomic E-state index is 6.09. The zero-order valence-electron chi connectivity index (χ0n) is 15.7. The lowest BCUT2D eigenvalue weighted by molar-refractivity contribution is -0.907. The second kappa shape index (κ2) is 8.19. The highest BCUT2D eigenvalue weighted by Gasteiger charge is 2.46. The maximum Gasteiger partial charge on any atom is 0.139 e. The fourth-order valence-electron chi connectivity index (χ4n) is 4.82. The Balaban J connectivity index is 1.49. The third-order valence-electron chi connectivity index (χ3n) is 6.44. The summed E-state index contributed by atoms with van der Waals surface area (Å²) >= 11 is 0. The quantitative estimate of drug-likeness (QED) is 0.683. The second-order valence-electron chi connectivity index (χ2n) is 8.43. The van der Waals surface area contributed by atoms with Crippen LogP contribution in [-0.4, -0.2) is 64.7 Å². The number of hydrogen-bond donors (Lipinski definition) is 2. The predicted octanol–water partition coefficient (Wildman–Crippen LogP) is -0.451. The van der Waals surface area contributed by atoms with E-state index >= 15 is 0 Å². The summed E-state index contributed by atoms with van der Waals surface area (Å²) in [7, 11) is 0. The van der Waals surface area contributed by atoms with Gasteiger partial charge in [0.25, 0.3) is 0 Å². The molecule has 3 atom stereocenters. The smallest absolute Gasteiger partial charge is 0.139 e. The van der Waals surface area contributed by atoms with Gasteiger partial charge >= 0.3 is 0 Å². The van der Waals surface area contributed by atoms with E-state index in [0.717, 1.165) is 52.4 Å². The monoisotopic (exact) mass is 336 g/mol. The zero-order valence-corrected chi connectivity index (χ0v) is 15.7. The summed E-state index contributed by atoms with van der Waals surface area (Å²) in [5.74, 6) is 6.91. The molecule has 3 heterocycles. The van der Waals surface area contributed by atoms with Crippen molar-refractivity contribution >= 4 is 0 Å². The molecule has 4 nitrogen and oxygen atoms in total. The van der Waals surface area contributed by atoms with Gasteiger partial charge in [-0.3, -0.25) is 0 Å². The van der Waals surface area contributed by atoms with E-state index in [-0.39, 0.29) is 5.60 Å². The van der Waals surface area contributed by atoms with Gasteiger partial charge in [-0.05, 0) is 50.9 Å². The van der Waals surface area contributed by atoms with Crippen LogP contribution >= 0.6 is 0 Å². The third kappa shape index (κ3) is 4.73. The molecule has 24 heavy (non-hydrogen) atoms. The molecule has 0 bridgehead atoms. The number of morpholine rings is 1. The molecule has 0 aromatic carbocycles. The molecule has 4 heteroatoms. The van der Waals surface area contributed by atoms with Gasteiger partial charge < -0.3 is 19.3 Å². The second-order valence-corrected chi connectivity index (χ2v) is 8.43. The van der Waals surface area contributed by atoms with Crippen LogP contribution in [0.2, 0.25) is 0 Å². The van der Waals surface area contributed by atoms with E-state index in [0.29, 0.717) is 5.41 Å². The molecule has 1 spiro atoms. The standard InChI is InChI=1S/C20H34N2O2/c1-3-19(2)17-20(8-14-24-19)7-6-11-22(18-20)10-5-4-9-21-12-15-23-16-13-21/h3,6-18H2,1-2H3/p+2/t19-,20+/m0/s1. The normalized spacial score (nSPS) is 37.8. The van der Waals surface area contributed by atoms with Gasteiger partial charge in [0.2, 0.25) is 0 Å². The van der Waals surface area contributed by atoms with E-state index in [1.807, 2.05) is 0 Å². The molecule has 3 aliphatic heterocycles. The Morgan fingerprint density at radius 2 is 1.71 bits per heavy atom. The lowest BCUT2D eigenvalue weighted by Gasteiger charge is -2.48. The van der Waals surface area contributed by atoms with Crippen LogP contribution in [0.25, 0.3) is 0 Å². The van der Waals surface area contributed by atoms with Crippen LogP contribution in [-0.2, 0) is 9.47 Å². The average Bonchev–Trinajstić information content (AvgIpc) is 2.60. The Hall–Kier alpha value is -0.600. The molecule has 1 unspecified atom stereocenters. The highest BCUT2D eigenvalue weighted by Crippen LogP contribution is 2.43. The summed E-state index contributed by atoms with van der Waals surface area (Å²) in [5, 5.41) is 0. The van der Waals surface area contributed by atoms with Crippen LogP contribution in [0.5, 0.6) is 0 Å². The number of ether oxygens (including phenoxy) is 2. The largest absolute Gasteiger partial charge is 0.375 e. The van der Waals surface area contributed by atoms with Gasteiger partial charge in [0.15, 0.2) is 0 Å². The summed E-state index contributed by atoms with van der Waals surface area (Å²) in [4.78, 5) is 3.29. The highest BCUT2D eigenvalue weighted by atomic mass is 16.5. The van der Waals surface area contributed by atoms with Gasteiger partial charge in [0.1, 0.15) is 26.2 Å². The molecule has 2 N–H and O–H groups in total. The molecule has 3 saturated heterocycles. The molecule has 0 aliphatic carbocycles. The SMILES string of the molecule is CC[C@@]1(C)C[C@@]2(CCC[NH+](CC#CC[NH+]3CCOCC3)C2)CCO1. The fourth-order valence-corrected chi connectivity index (χ4v) is 4.82. The van der Waals surface area contributed by atoms with Gasteiger partial charge in [-0.25, -0.2) is 0 Å². The Bertz CT molecular complexity index is 462. The van der Waals surface area contributed by atoms with Crippen molar-refractivity contribution < 1.29 is 19.3 Å². The van der Waals surface area contributed by atoms with Gasteiger partial charge in [0.05, 0.1) is 31.9 Å². The summed E-state index contributed by atoms with van der Waals surface area (Å²) in [6, 6.07) is 0. The maximum atomic E-state index is 6.09. The third-order valence-corrected chi connectivity index (χ3v) is 6.44. The average molecular weight is 337 g/mol. The van der Waals surface area contributed by atoms with Crippen molar-refractivity contribution in [3.8, 4) is 11.8 Å². The van der Waals surface area contributed by atoms with Crippen molar-refractivity contribution in [1.29, 1.82) is 0 Å². The Morgan fingerprint density at radius 3 is 2.46 bits per heavy atom. The van der Waals surface area contributed by atoms with Gasteiger partial charge in [-0.2, -0.15) is 0 Å². The molecule has 0 aromatic rings. The summed E-state index contributed by atoms with van der Waals surface area (Å²) in [6.45, 7) is 14.2. The first-order chi connectivity index (χ1) is 11.6. The van der Waals surface area contributed by atoms with E-state index in [1.165, 1.54) is 38.8 Å². The first kappa shape index (κ1) is 18.2. The fraction of sp³-hybridized carbons (Fsp3) is 0.900. The van der Waals surface area contributed by atoms with E-state index in [9.17, 15) is 0 Å². The number of piperidine rings is 1. The highest BCUT2D eigenvalue weighted by molar-refractivity contribution is 4.99. The van der Waals surface area contributed by atoms with E-state index in [1.54, 1.807) is 9.80 Å². The predicted molar refractivity (Wildman–Crippen MR) is 95.3 cm³/mol. The molecule has 0 amide bonds.